The molecule has 54 valence electrons. The Kier molecular flexibility index (Phi) is 1.08. The van der Waals surface area contributed by atoms with Crippen molar-refractivity contribution in [3.8, 4) is 0 Å². The predicted octanol–water partition coefficient (Wildman–Crippen LogP) is 0.708. The fourth-order valence-corrected chi connectivity index (χ4v) is 1.03. The van der Waals surface area contributed by atoms with Crippen LogP contribution in [0, 0.1) is 0 Å². The van der Waals surface area contributed by atoms with Crippen molar-refractivity contribution in [1.29, 1.82) is 0 Å². The first-order valence-corrected chi connectivity index (χ1v) is 3.47. The fraction of sp³-hybridized carbons (Fsp3) is 0.571. The standard InChI is InChI=1S/C7H10N2O/c8-7(2-3-7)5-6-1-4-10-9-6/h1,4H,2-3,5,8H2. The van der Waals surface area contributed by atoms with Crippen molar-refractivity contribution in [2.75, 3.05) is 0 Å². The van der Waals surface area contributed by atoms with Crippen LogP contribution in [-0.4, -0.2) is 10.7 Å². The molecule has 2 rings (SSSR count). The Hall–Kier alpha value is -0.830. The van der Waals surface area contributed by atoms with Gasteiger partial charge in [0.1, 0.15) is 6.26 Å². The first-order valence-electron chi connectivity index (χ1n) is 3.47. The summed E-state index contributed by atoms with van der Waals surface area (Å²) in [4.78, 5) is 0. The molecule has 2 N–H and O–H groups in total. The number of rotatable bonds is 2. The van der Waals surface area contributed by atoms with Gasteiger partial charge in [-0.05, 0) is 12.8 Å². The van der Waals surface area contributed by atoms with Gasteiger partial charge in [0.15, 0.2) is 0 Å². The van der Waals surface area contributed by atoms with Gasteiger partial charge >= 0.3 is 0 Å². The van der Waals surface area contributed by atoms with Crippen molar-refractivity contribution in [1.82, 2.24) is 5.16 Å². The Labute approximate surface area is 59.2 Å². The Morgan fingerprint density at radius 3 is 3.00 bits per heavy atom. The van der Waals surface area contributed by atoms with Gasteiger partial charge in [0.25, 0.3) is 0 Å². The van der Waals surface area contributed by atoms with E-state index >= 15 is 0 Å². The molecule has 0 amide bonds. The maximum atomic E-state index is 5.86. The van der Waals surface area contributed by atoms with Crippen molar-refractivity contribution >= 4 is 0 Å². The number of nitrogens with zero attached hydrogens (tertiary/aromatic N) is 1. The molecule has 0 radical (unpaired) electrons. The topological polar surface area (TPSA) is 52.0 Å². The number of hydrogen-bond donors (Lipinski definition) is 1. The second-order valence-corrected chi connectivity index (χ2v) is 3.03. The molecule has 1 fully saturated rings. The lowest BCUT2D eigenvalue weighted by atomic mass is 10.1. The van der Waals surface area contributed by atoms with E-state index in [1.165, 1.54) is 0 Å². The average Bonchev–Trinajstić information content (AvgIpc) is 2.47. The molecule has 0 saturated heterocycles. The Morgan fingerprint density at radius 2 is 2.50 bits per heavy atom. The summed E-state index contributed by atoms with van der Waals surface area (Å²) in [5.74, 6) is 0. The molecule has 1 aromatic rings. The normalized spacial score (nSPS) is 20.9. The van der Waals surface area contributed by atoms with Gasteiger partial charge in [-0.1, -0.05) is 5.16 Å². The molecule has 0 spiro atoms. The summed E-state index contributed by atoms with van der Waals surface area (Å²) >= 11 is 0. The first-order chi connectivity index (χ1) is 4.79. The maximum Gasteiger partial charge on any atom is 0.124 e. The van der Waals surface area contributed by atoms with Gasteiger partial charge in [-0.2, -0.15) is 0 Å². The molecule has 0 aliphatic heterocycles. The van der Waals surface area contributed by atoms with Gasteiger partial charge in [0.2, 0.25) is 0 Å². The SMILES string of the molecule is NC1(Cc2ccon2)CC1. The highest BCUT2D eigenvalue weighted by molar-refractivity contribution is 5.09. The van der Waals surface area contributed by atoms with Crippen molar-refractivity contribution in [2.45, 2.75) is 24.8 Å². The summed E-state index contributed by atoms with van der Waals surface area (Å²) in [6.07, 6.45) is 4.70. The van der Waals surface area contributed by atoms with E-state index in [1.807, 2.05) is 6.07 Å². The van der Waals surface area contributed by atoms with Crippen LogP contribution in [0.1, 0.15) is 18.5 Å². The van der Waals surface area contributed by atoms with E-state index in [2.05, 4.69) is 9.68 Å². The zero-order valence-corrected chi connectivity index (χ0v) is 5.71. The molecule has 0 aromatic carbocycles. The van der Waals surface area contributed by atoms with Crippen LogP contribution in [0.4, 0.5) is 0 Å². The third kappa shape index (κ3) is 1.04. The van der Waals surface area contributed by atoms with Gasteiger partial charge in [-0.3, -0.25) is 0 Å². The van der Waals surface area contributed by atoms with Crippen LogP contribution < -0.4 is 5.73 Å². The molecule has 0 unspecified atom stereocenters. The van der Waals surface area contributed by atoms with E-state index in [0.29, 0.717) is 0 Å². The molecule has 1 heterocycles. The first kappa shape index (κ1) is 5.92. The third-order valence-corrected chi connectivity index (χ3v) is 1.92. The lowest BCUT2D eigenvalue weighted by Crippen LogP contribution is -2.24. The molecule has 1 aromatic heterocycles. The highest BCUT2D eigenvalue weighted by Crippen LogP contribution is 2.34. The van der Waals surface area contributed by atoms with Crippen molar-refractivity contribution in [3.63, 3.8) is 0 Å². The summed E-state index contributed by atoms with van der Waals surface area (Å²) < 4.78 is 4.68. The lowest BCUT2D eigenvalue weighted by molar-refractivity contribution is 0.408. The third-order valence-electron chi connectivity index (χ3n) is 1.92. The van der Waals surface area contributed by atoms with Gasteiger partial charge in [-0.15, -0.1) is 0 Å². The van der Waals surface area contributed by atoms with E-state index in [9.17, 15) is 0 Å². The highest BCUT2D eigenvalue weighted by atomic mass is 16.5. The Balaban J connectivity index is 2.04. The second kappa shape index (κ2) is 1.83. The zero-order valence-electron chi connectivity index (χ0n) is 5.71. The van der Waals surface area contributed by atoms with Crippen LogP contribution in [0.5, 0.6) is 0 Å². The minimum Gasteiger partial charge on any atom is -0.365 e. The van der Waals surface area contributed by atoms with Crippen LogP contribution in [0.3, 0.4) is 0 Å². The van der Waals surface area contributed by atoms with Crippen LogP contribution in [0.25, 0.3) is 0 Å². The number of hydrogen-bond acceptors (Lipinski definition) is 3. The van der Waals surface area contributed by atoms with Gasteiger partial charge in [0, 0.05) is 18.0 Å². The molecule has 1 aliphatic carbocycles. The summed E-state index contributed by atoms with van der Waals surface area (Å²) in [7, 11) is 0. The summed E-state index contributed by atoms with van der Waals surface area (Å²) in [6, 6.07) is 1.87. The predicted molar refractivity (Wildman–Crippen MR) is 36.4 cm³/mol. The van der Waals surface area contributed by atoms with Gasteiger partial charge in [0.05, 0.1) is 5.69 Å². The molecular weight excluding hydrogens is 128 g/mol. The Morgan fingerprint density at radius 1 is 1.70 bits per heavy atom. The quantitative estimate of drug-likeness (QED) is 0.654. The molecular formula is C7H10N2O. The Bertz CT molecular complexity index is 214. The smallest absolute Gasteiger partial charge is 0.124 e. The molecule has 3 heteroatoms. The monoisotopic (exact) mass is 138 g/mol. The van der Waals surface area contributed by atoms with Crippen LogP contribution in [-0.2, 0) is 6.42 Å². The van der Waals surface area contributed by atoms with Crippen molar-refractivity contribution in [3.05, 3.63) is 18.0 Å². The average molecular weight is 138 g/mol. The van der Waals surface area contributed by atoms with Crippen LogP contribution >= 0.6 is 0 Å². The summed E-state index contributed by atoms with van der Waals surface area (Å²) in [6.45, 7) is 0. The minimum absolute atomic E-state index is 0.0525. The van der Waals surface area contributed by atoms with E-state index in [1.54, 1.807) is 6.26 Å². The van der Waals surface area contributed by atoms with E-state index < -0.39 is 0 Å². The van der Waals surface area contributed by atoms with E-state index in [0.717, 1.165) is 25.0 Å². The molecule has 1 saturated carbocycles. The van der Waals surface area contributed by atoms with E-state index in [-0.39, 0.29) is 5.54 Å². The molecule has 1 aliphatic rings. The molecule has 3 nitrogen and oxygen atoms in total. The zero-order chi connectivity index (χ0) is 7.03. The van der Waals surface area contributed by atoms with E-state index in [4.69, 9.17) is 5.73 Å². The fourth-order valence-electron chi connectivity index (χ4n) is 1.03. The van der Waals surface area contributed by atoms with Crippen LogP contribution in [0.2, 0.25) is 0 Å². The molecule has 0 atom stereocenters. The number of aromatic nitrogens is 1. The second-order valence-electron chi connectivity index (χ2n) is 3.03. The lowest BCUT2D eigenvalue weighted by Gasteiger charge is -2.02. The van der Waals surface area contributed by atoms with Gasteiger partial charge in [-0.25, -0.2) is 0 Å². The number of nitrogens with two attached hydrogens (primary N) is 1. The maximum absolute atomic E-state index is 5.86. The minimum atomic E-state index is 0.0525. The summed E-state index contributed by atoms with van der Waals surface area (Å²) in [5, 5.41) is 3.79. The largest absolute Gasteiger partial charge is 0.365 e. The van der Waals surface area contributed by atoms with Gasteiger partial charge < -0.3 is 10.3 Å². The van der Waals surface area contributed by atoms with Crippen molar-refractivity contribution in [2.24, 2.45) is 5.73 Å². The highest BCUT2D eigenvalue weighted by Gasteiger charge is 2.38. The van der Waals surface area contributed by atoms with Crippen LogP contribution in [0.15, 0.2) is 16.9 Å². The molecule has 0 bridgehead atoms. The summed E-state index contributed by atoms with van der Waals surface area (Å²) in [5.41, 5.74) is 6.88. The van der Waals surface area contributed by atoms with Crippen molar-refractivity contribution < 1.29 is 4.52 Å². The molecule has 10 heavy (non-hydrogen) atoms.